The first kappa shape index (κ1) is 27.1. The van der Waals surface area contributed by atoms with Gasteiger partial charge in [0, 0.05) is 28.9 Å². The Labute approximate surface area is 265 Å². The quantitative estimate of drug-likeness (QED) is 0.136. The normalized spacial score (nSPS) is 11.7. The summed E-state index contributed by atoms with van der Waals surface area (Å²) in [7, 11) is -0.433. The van der Waals surface area contributed by atoms with Gasteiger partial charge in [-0.05, 0) is 67.3 Å². The van der Waals surface area contributed by atoms with Gasteiger partial charge in [-0.2, -0.15) is 0 Å². The molecule has 0 atom stereocenters. The third-order valence-corrected chi connectivity index (χ3v) is 14.1. The van der Waals surface area contributed by atoms with Crippen molar-refractivity contribution in [3.63, 3.8) is 0 Å². The summed E-state index contributed by atoms with van der Waals surface area (Å²) in [6.07, 6.45) is 0. The fraction of sp³-hybridized carbons (Fsp3) is 0.0233. The SMILES string of the molecule is Cn1c2ccc(-c3ccccc3)cc2c2cc(-c3cccc([Si](c4ccccc4)(c4ccccc4)c4ccccc4)c3)ccc21. The Morgan fingerprint density at radius 3 is 1.20 bits per heavy atom. The molecule has 2 heteroatoms. The Hall–Kier alpha value is -5.44. The molecule has 45 heavy (non-hydrogen) atoms. The third kappa shape index (κ3) is 4.54. The van der Waals surface area contributed by atoms with Crippen LogP contribution in [-0.2, 0) is 7.05 Å². The molecule has 0 N–H and O–H groups in total. The second-order valence-corrected chi connectivity index (χ2v) is 15.6. The maximum absolute atomic E-state index is 2.61. The van der Waals surface area contributed by atoms with Crippen LogP contribution in [0, 0.1) is 0 Å². The summed E-state index contributed by atoms with van der Waals surface area (Å²) in [4.78, 5) is 0. The van der Waals surface area contributed by atoms with Gasteiger partial charge in [0.25, 0.3) is 0 Å². The van der Waals surface area contributed by atoms with Crippen molar-refractivity contribution in [2.45, 2.75) is 0 Å². The van der Waals surface area contributed by atoms with Gasteiger partial charge in [-0.15, -0.1) is 0 Å². The van der Waals surface area contributed by atoms with Crippen molar-refractivity contribution in [2.24, 2.45) is 7.05 Å². The van der Waals surface area contributed by atoms with E-state index in [-0.39, 0.29) is 0 Å². The molecule has 8 aromatic rings. The van der Waals surface area contributed by atoms with Crippen molar-refractivity contribution in [3.05, 3.63) is 182 Å². The van der Waals surface area contributed by atoms with Gasteiger partial charge in [0.15, 0.2) is 8.07 Å². The molecule has 1 aromatic heterocycles. The molecule has 0 unspecified atom stereocenters. The van der Waals surface area contributed by atoms with Gasteiger partial charge in [0.2, 0.25) is 0 Å². The molecule has 214 valence electrons. The summed E-state index contributed by atoms with van der Waals surface area (Å²) in [6, 6.07) is 67.2. The zero-order chi connectivity index (χ0) is 30.2. The zero-order valence-electron chi connectivity index (χ0n) is 25.3. The molecule has 0 aliphatic carbocycles. The zero-order valence-corrected chi connectivity index (χ0v) is 26.3. The van der Waals surface area contributed by atoms with Crippen LogP contribution in [0.3, 0.4) is 0 Å². The summed E-state index contributed by atoms with van der Waals surface area (Å²) in [5, 5.41) is 8.11. The highest BCUT2D eigenvalue weighted by molar-refractivity contribution is 7.19. The van der Waals surface area contributed by atoms with E-state index < -0.39 is 8.07 Å². The summed E-state index contributed by atoms with van der Waals surface area (Å²) in [5.41, 5.74) is 7.46. The van der Waals surface area contributed by atoms with Crippen LogP contribution in [0.25, 0.3) is 44.1 Å². The first-order valence-corrected chi connectivity index (χ1v) is 17.6. The van der Waals surface area contributed by atoms with E-state index in [2.05, 4.69) is 194 Å². The van der Waals surface area contributed by atoms with E-state index in [4.69, 9.17) is 0 Å². The van der Waals surface area contributed by atoms with Crippen LogP contribution < -0.4 is 20.7 Å². The van der Waals surface area contributed by atoms with Crippen LogP contribution in [0.1, 0.15) is 0 Å². The number of hydrogen-bond donors (Lipinski definition) is 0. The van der Waals surface area contributed by atoms with Gasteiger partial charge in [0.05, 0.1) is 0 Å². The topological polar surface area (TPSA) is 4.93 Å². The molecule has 0 fully saturated rings. The highest BCUT2D eigenvalue weighted by Crippen LogP contribution is 2.34. The molecule has 0 bridgehead atoms. The lowest BCUT2D eigenvalue weighted by Crippen LogP contribution is -2.74. The largest absolute Gasteiger partial charge is 0.344 e. The van der Waals surface area contributed by atoms with Crippen LogP contribution in [0.15, 0.2) is 182 Å². The van der Waals surface area contributed by atoms with E-state index >= 15 is 0 Å². The van der Waals surface area contributed by atoms with Gasteiger partial charge in [-0.25, -0.2) is 0 Å². The maximum Gasteiger partial charge on any atom is 0.179 e. The Kier molecular flexibility index (Phi) is 6.78. The fourth-order valence-electron chi connectivity index (χ4n) is 7.20. The average Bonchev–Trinajstić information content (AvgIpc) is 3.41. The molecule has 1 nitrogen and oxygen atoms in total. The highest BCUT2D eigenvalue weighted by atomic mass is 28.3. The number of aryl methyl sites for hydroxylation is 1. The van der Waals surface area contributed by atoms with Gasteiger partial charge in [-0.1, -0.05) is 158 Å². The van der Waals surface area contributed by atoms with E-state index in [9.17, 15) is 0 Å². The first-order valence-electron chi connectivity index (χ1n) is 15.6. The Morgan fingerprint density at radius 2 is 0.711 bits per heavy atom. The average molecular weight is 592 g/mol. The van der Waals surface area contributed by atoms with Crippen molar-refractivity contribution in [1.82, 2.24) is 4.57 Å². The summed E-state index contributed by atoms with van der Waals surface area (Å²) < 4.78 is 2.32. The molecular weight excluding hydrogens is 559 g/mol. The summed E-state index contributed by atoms with van der Waals surface area (Å²) in [5.74, 6) is 0. The number of rotatable bonds is 6. The minimum Gasteiger partial charge on any atom is -0.344 e. The predicted molar refractivity (Wildman–Crippen MR) is 195 cm³/mol. The Balaban J connectivity index is 1.34. The Bertz CT molecular complexity index is 2160. The lowest BCUT2D eigenvalue weighted by molar-refractivity contribution is 1.01. The lowest BCUT2D eigenvalue weighted by atomic mass is 10.0. The predicted octanol–water partition coefficient (Wildman–Crippen LogP) is 8.04. The molecule has 0 aliphatic heterocycles. The van der Waals surface area contributed by atoms with E-state index in [0.29, 0.717) is 0 Å². The maximum atomic E-state index is 2.46. The van der Waals surface area contributed by atoms with Crippen molar-refractivity contribution < 1.29 is 0 Å². The molecule has 0 radical (unpaired) electrons. The second-order valence-electron chi connectivity index (χ2n) is 11.8. The molecule has 0 amide bonds. The van der Waals surface area contributed by atoms with Gasteiger partial charge < -0.3 is 4.57 Å². The molecule has 0 aliphatic rings. The van der Waals surface area contributed by atoms with Crippen LogP contribution >= 0.6 is 0 Å². The van der Waals surface area contributed by atoms with E-state index in [1.54, 1.807) is 0 Å². The van der Waals surface area contributed by atoms with Crippen LogP contribution in [-0.4, -0.2) is 12.6 Å². The number of aromatic nitrogens is 1. The van der Waals surface area contributed by atoms with Crippen LogP contribution in [0.5, 0.6) is 0 Å². The lowest BCUT2D eigenvalue weighted by Gasteiger charge is -2.34. The molecule has 7 aromatic carbocycles. The van der Waals surface area contributed by atoms with Crippen molar-refractivity contribution in [2.75, 3.05) is 0 Å². The minimum absolute atomic E-state index is 1.24. The summed E-state index contributed by atoms with van der Waals surface area (Å²) in [6.45, 7) is 0. The fourth-order valence-corrected chi connectivity index (χ4v) is 12.0. The van der Waals surface area contributed by atoms with Crippen molar-refractivity contribution >= 4 is 50.6 Å². The number of nitrogens with zero attached hydrogens (tertiary/aromatic N) is 1. The molecule has 0 saturated carbocycles. The van der Waals surface area contributed by atoms with Gasteiger partial charge >= 0.3 is 0 Å². The standard InChI is InChI=1S/C43H33NSi/c1-44-42-27-25-34(32-15-6-2-7-16-32)30-40(42)41-31-35(26-28-43(41)44)33-17-14-24-39(29-33)45(36-18-8-3-9-19-36,37-20-10-4-11-21-37)38-22-12-5-13-23-38/h2-31H,1H3. The van der Waals surface area contributed by atoms with Crippen LogP contribution in [0.4, 0.5) is 0 Å². The molecule has 0 saturated heterocycles. The number of benzene rings is 7. The van der Waals surface area contributed by atoms with Crippen molar-refractivity contribution in [3.8, 4) is 22.3 Å². The van der Waals surface area contributed by atoms with Gasteiger partial charge in [-0.3, -0.25) is 0 Å². The summed E-state index contributed by atoms with van der Waals surface area (Å²) >= 11 is 0. The number of hydrogen-bond acceptors (Lipinski definition) is 0. The minimum atomic E-state index is -2.61. The third-order valence-electron chi connectivity index (χ3n) is 9.36. The van der Waals surface area contributed by atoms with Gasteiger partial charge in [0.1, 0.15) is 0 Å². The second kappa shape index (κ2) is 11.2. The highest BCUT2D eigenvalue weighted by Gasteiger charge is 2.41. The monoisotopic (exact) mass is 591 g/mol. The smallest absolute Gasteiger partial charge is 0.179 e. The van der Waals surface area contributed by atoms with Crippen LogP contribution in [0.2, 0.25) is 0 Å². The van der Waals surface area contributed by atoms with Crippen molar-refractivity contribution in [1.29, 1.82) is 0 Å². The van der Waals surface area contributed by atoms with E-state index in [1.807, 2.05) is 0 Å². The molecule has 0 spiro atoms. The molecule has 8 rings (SSSR count). The molecular formula is C43H33NSi. The number of fused-ring (bicyclic) bond motifs is 3. The Morgan fingerprint density at radius 1 is 0.333 bits per heavy atom. The van der Waals surface area contributed by atoms with E-state index in [0.717, 1.165) is 0 Å². The first-order chi connectivity index (χ1) is 22.2. The molecule has 1 heterocycles. The van der Waals surface area contributed by atoms with E-state index in [1.165, 1.54) is 64.8 Å².